The molecule has 1 atom stereocenters. The van der Waals surface area contributed by atoms with Gasteiger partial charge in [-0.05, 0) is 19.8 Å². The molecule has 2 rings (SSSR count). The molecule has 1 fully saturated rings. The average molecular weight is 282 g/mol. The molecule has 1 unspecified atom stereocenters. The molecule has 4 heteroatoms. The van der Waals surface area contributed by atoms with Crippen molar-refractivity contribution in [3.8, 4) is 0 Å². The lowest BCUT2D eigenvalue weighted by molar-refractivity contribution is 0.118. The first-order valence-corrected chi connectivity index (χ1v) is 7.97. The fourth-order valence-electron chi connectivity index (χ4n) is 2.05. The number of hydrogen-bond acceptors (Lipinski definition) is 4. The average Bonchev–Trinajstić information content (AvgIpc) is 3.06. The summed E-state index contributed by atoms with van der Waals surface area (Å²) in [6.07, 6.45) is 3.81. The van der Waals surface area contributed by atoms with Gasteiger partial charge in [-0.15, -0.1) is 11.3 Å². The Labute approximate surface area is 120 Å². The fraction of sp³-hybridized carbons (Fsp3) is 0.800. The number of rotatable bonds is 6. The molecular formula is C15H26N2OS. The van der Waals surface area contributed by atoms with Crippen LogP contribution in [0.3, 0.4) is 0 Å². The topological polar surface area (TPSA) is 34.1 Å². The van der Waals surface area contributed by atoms with Crippen LogP contribution in [-0.2, 0) is 23.1 Å². The molecule has 0 aromatic carbocycles. The van der Waals surface area contributed by atoms with Crippen molar-refractivity contribution in [3.63, 3.8) is 0 Å². The van der Waals surface area contributed by atoms with Crippen molar-refractivity contribution in [1.29, 1.82) is 0 Å². The van der Waals surface area contributed by atoms with Gasteiger partial charge in [0.2, 0.25) is 0 Å². The Kier molecular flexibility index (Phi) is 4.64. The Morgan fingerprint density at radius 3 is 2.63 bits per heavy atom. The maximum Gasteiger partial charge on any atom is 0.0957 e. The van der Waals surface area contributed by atoms with Gasteiger partial charge in [-0.1, -0.05) is 20.8 Å². The van der Waals surface area contributed by atoms with Crippen LogP contribution in [0.25, 0.3) is 0 Å². The lowest BCUT2D eigenvalue weighted by atomic mass is 9.91. The summed E-state index contributed by atoms with van der Waals surface area (Å²) in [7, 11) is 1.76. The van der Waals surface area contributed by atoms with Crippen LogP contribution in [0.15, 0.2) is 0 Å². The first-order valence-electron chi connectivity index (χ1n) is 7.15. The molecule has 1 aliphatic carbocycles. The first kappa shape index (κ1) is 14.9. The summed E-state index contributed by atoms with van der Waals surface area (Å²) < 4.78 is 5.35. The van der Waals surface area contributed by atoms with Gasteiger partial charge in [0.15, 0.2) is 0 Å². The molecule has 1 aromatic heterocycles. The van der Waals surface area contributed by atoms with Gasteiger partial charge in [0.25, 0.3) is 0 Å². The number of ether oxygens (including phenoxy) is 1. The lowest BCUT2D eigenvalue weighted by Gasteiger charge is -2.17. The van der Waals surface area contributed by atoms with Crippen molar-refractivity contribution < 1.29 is 4.74 Å². The summed E-state index contributed by atoms with van der Waals surface area (Å²) in [6, 6.07) is 0.747. The van der Waals surface area contributed by atoms with Crippen molar-refractivity contribution in [1.82, 2.24) is 10.3 Å². The predicted octanol–water partition coefficient (Wildman–Crippen LogP) is 3.27. The van der Waals surface area contributed by atoms with Gasteiger partial charge >= 0.3 is 0 Å². The van der Waals surface area contributed by atoms with Crippen LogP contribution in [0.5, 0.6) is 0 Å². The van der Waals surface area contributed by atoms with Crippen molar-refractivity contribution >= 4 is 11.3 Å². The van der Waals surface area contributed by atoms with Gasteiger partial charge in [-0.25, -0.2) is 4.98 Å². The van der Waals surface area contributed by atoms with Gasteiger partial charge in [0, 0.05) is 36.4 Å². The molecule has 0 amide bonds. The first-order chi connectivity index (χ1) is 8.90. The van der Waals surface area contributed by atoms with Gasteiger partial charge in [0.05, 0.1) is 16.8 Å². The normalized spacial score (nSPS) is 17.7. The third-order valence-corrected chi connectivity index (χ3v) is 4.52. The van der Waals surface area contributed by atoms with E-state index >= 15 is 0 Å². The van der Waals surface area contributed by atoms with Crippen molar-refractivity contribution in [2.75, 3.05) is 7.11 Å². The van der Waals surface area contributed by atoms with Crippen LogP contribution in [-0.4, -0.2) is 24.2 Å². The van der Waals surface area contributed by atoms with E-state index in [1.807, 2.05) is 11.3 Å². The molecule has 1 N–H and O–H groups in total. The van der Waals surface area contributed by atoms with E-state index < -0.39 is 0 Å². The molecule has 0 spiro atoms. The van der Waals surface area contributed by atoms with Crippen molar-refractivity contribution in [3.05, 3.63) is 15.6 Å². The number of thiazole rings is 1. The fourth-order valence-corrected chi connectivity index (χ4v) is 3.39. The second-order valence-electron chi connectivity index (χ2n) is 6.54. The summed E-state index contributed by atoms with van der Waals surface area (Å²) in [5.74, 6) is 0. The standard InChI is InChI=1S/C15H26N2OS/c1-10(18-5)8-13-17-14(15(2,3)4)12(19-13)9-16-11-6-7-11/h10-11,16H,6-9H2,1-5H3. The number of nitrogens with one attached hydrogen (secondary N) is 1. The van der Waals surface area contributed by atoms with E-state index in [2.05, 4.69) is 33.0 Å². The SMILES string of the molecule is COC(C)Cc1nc(C(C)(C)C)c(CNC2CC2)s1. The molecule has 0 aliphatic heterocycles. The summed E-state index contributed by atoms with van der Waals surface area (Å²) in [5.41, 5.74) is 1.37. The molecule has 1 aromatic rings. The van der Waals surface area contributed by atoms with Gasteiger partial charge in [-0.3, -0.25) is 0 Å². The van der Waals surface area contributed by atoms with Crippen LogP contribution in [0, 0.1) is 0 Å². The summed E-state index contributed by atoms with van der Waals surface area (Å²) in [5, 5.41) is 4.81. The van der Waals surface area contributed by atoms with Crippen molar-refractivity contribution in [2.45, 2.75) is 71.1 Å². The molecule has 1 saturated carbocycles. The summed E-state index contributed by atoms with van der Waals surface area (Å²) in [4.78, 5) is 6.27. The van der Waals surface area contributed by atoms with Crippen LogP contribution < -0.4 is 5.32 Å². The minimum atomic E-state index is 0.117. The van der Waals surface area contributed by atoms with Crippen LogP contribution >= 0.6 is 11.3 Å². The Morgan fingerprint density at radius 1 is 1.42 bits per heavy atom. The second-order valence-corrected chi connectivity index (χ2v) is 7.70. The zero-order valence-corrected chi connectivity index (χ0v) is 13.6. The Hall–Kier alpha value is -0.450. The molecule has 0 saturated heterocycles. The summed E-state index contributed by atoms with van der Waals surface area (Å²) >= 11 is 1.85. The molecule has 108 valence electrons. The van der Waals surface area contributed by atoms with Gasteiger partial charge < -0.3 is 10.1 Å². The van der Waals surface area contributed by atoms with Gasteiger partial charge in [-0.2, -0.15) is 0 Å². The number of hydrogen-bond donors (Lipinski definition) is 1. The highest BCUT2D eigenvalue weighted by Crippen LogP contribution is 2.31. The number of nitrogens with zero attached hydrogens (tertiary/aromatic N) is 1. The Balaban J connectivity index is 2.12. The van der Waals surface area contributed by atoms with Crippen LogP contribution in [0.1, 0.15) is 56.1 Å². The number of aromatic nitrogens is 1. The monoisotopic (exact) mass is 282 g/mol. The van der Waals surface area contributed by atoms with Crippen LogP contribution in [0.2, 0.25) is 0 Å². The minimum Gasteiger partial charge on any atom is -0.381 e. The highest BCUT2D eigenvalue weighted by atomic mass is 32.1. The quantitative estimate of drug-likeness (QED) is 0.869. The second kappa shape index (κ2) is 5.90. The molecule has 0 radical (unpaired) electrons. The molecule has 19 heavy (non-hydrogen) atoms. The molecule has 1 aliphatic rings. The maximum atomic E-state index is 5.35. The van der Waals surface area contributed by atoms with E-state index in [1.165, 1.54) is 28.4 Å². The highest BCUT2D eigenvalue weighted by Gasteiger charge is 2.26. The lowest BCUT2D eigenvalue weighted by Crippen LogP contribution is -2.20. The zero-order valence-electron chi connectivity index (χ0n) is 12.7. The highest BCUT2D eigenvalue weighted by molar-refractivity contribution is 7.11. The van der Waals surface area contributed by atoms with E-state index in [0.29, 0.717) is 0 Å². The van der Waals surface area contributed by atoms with E-state index in [-0.39, 0.29) is 11.5 Å². The van der Waals surface area contributed by atoms with E-state index in [0.717, 1.165) is 19.0 Å². The predicted molar refractivity (Wildman–Crippen MR) is 80.9 cm³/mol. The molecule has 0 bridgehead atoms. The molecular weight excluding hydrogens is 256 g/mol. The maximum absolute atomic E-state index is 5.35. The van der Waals surface area contributed by atoms with E-state index in [9.17, 15) is 0 Å². The largest absolute Gasteiger partial charge is 0.381 e. The smallest absolute Gasteiger partial charge is 0.0957 e. The third kappa shape index (κ3) is 4.26. The van der Waals surface area contributed by atoms with Crippen LogP contribution in [0.4, 0.5) is 0 Å². The minimum absolute atomic E-state index is 0.117. The zero-order chi connectivity index (χ0) is 14.0. The van der Waals surface area contributed by atoms with Gasteiger partial charge in [0.1, 0.15) is 0 Å². The Morgan fingerprint density at radius 2 is 2.11 bits per heavy atom. The molecule has 1 heterocycles. The van der Waals surface area contributed by atoms with E-state index in [4.69, 9.17) is 9.72 Å². The number of methoxy groups -OCH3 is 1. The third-order valence-electron chi connectivity index (χ3n) is 3.45. The van der Waals surface area contributed by atoms with Crippen molar-refractivity contribution in [2.24, 2.45) is 0 Å². The Bertz CT molecular complexity index is 418. The summed E-state index contributed by atoms with van der Waals surface area (Å²) in [6.45, 7) is 9.79. The van der Waals surface area contributed by atoms with E-state index in [1.54, 1.807) is 7.11 Å². The molecule has 3 nitrogen and oxygen atoms in total.